The van der Waals surface area contributed by atoms with Gasteiger partial charge in [-0.1, -0.05) is 26.5 Å². The van der Waals surface area contributed by atoms with Crippen LogP contribution in [0.4, 0.5) is 0 Å². The van der Waals surface area contributed by atoms with Crippen molar-refractivity contribution >= 4 is 18.2 Å². The fourth-order valence-corrected chi connectivity index (χ4v) is 3.18. The van der Waals surface area contributed by atoms with Crippen molar-refractivity contribution in [3.05, 3.63) is 35.5 Å². The summed E-state index contributed by atoms with van der Waals surface area (Å²) in [5.41, 5.74) is 0.736. The van der Waals surface area contributed by atoms with Gasteiger partial charge in [0.1, 0.15) is 24.6 Å². The van der Waals surface area contributed by atoms with E-state index in [9.17, 15) is 24.6 Å². The molecule has 0 saturated carbocycles. The molecular weight excluding hydrogens is 352 g/mol. The highest BCUT2D eigenvalue weighted by Crippen LogP contribution is 2.36. The number of hydrogen-bond donors (Lipinski definition) is 2. The van der Waals surface area contributed by atoms with Crippen molar-refractivity contribution in [1.82, 2.24) is 0 Å². The summed E-state index contributed by atoms with van der Waals surface area (Å²) in [5.74, 6) is -2.47. The number of aliphatic hydroxyl groups excluding tert-OH is 2. The summed E-state index contributed by atoms with van der Waals surface area (Å²) in [5, 5.41) is 20.3. The number of carbonyl (C=O) groups is 3. The molecule has 2 aliphatic rings. The SMILES string of the molecule is C=C1C(=O)OC2C=C(CO)CCC=C(C=O)C(O)C(OC(=O)C(C)CC)C12. The second-order valence-electron chi connectivity index (χ2n) is 6.92. The molecule has 148 valence electrons. The van der Waals surface area contributed by atoms with Crippen LogP contribution in [0.25, 0.3) is 0 Å². The van der Waals surface area contributed by atoms with Crippen LogP contribution < -0.4 is 0 Å². The number of aliphatic hydroxyl groups is 2. The lowest BCUT2D eigenvalue weighted by Gasteiger charge is -2.31. The minimum absolute atomic E-state index is 0.0559. The van der Waals surface area contributed by atoms with Gasteiger partial charge in [0.25, 0.3) is 0 Å². The molecular formula is C20H26O7. The average Bonchev–Trinajstić information content (AvgIpc) is 2.94. The molecule has 2 rings (SSSR count). The summed E-state index contributed by atoms with van der Waals surface area (Å²) >= 11 is 0. The van der Waals surface area contributed by atoms with E-state index in [1.807, 2.05) is 6.92 Å². The van der Waals surface area contributed by atoms with Gasteiger partial charge in [0, 0.05) is 11.1 Å². The number of rotatable bonds is 5. The van der Waals surface area contributed by atoms with Gasteiger partial charge in [-0.05, 0) is 30.9 Å². The third-order valence-electron chi connectivity index (χ3n) is 5.12. The summed E-state index contributed by atoms with van der Waals surface area (Å²) < 4.78 is 10.9. The van der Waals surface area contributed by atoms with Gasteiger partial charge in [-0.25, -0.2) is 4.79 Å². The Kier molecular flexibility index (Phi) is 7.10. The maximum absolute atomic E-state index is 12.4. The third kappa shape index (κ3) is 4.54. The highest BCUT2D eigenvalue weighted by Gasteiger charge is 2.48. The lowest BCUT2D eigenvalue weighted by Crippen LogP contribution is -2.43. The van der Waals surface area contributed by atoms with Crippen molar-refractivity contribution in [2.24, 2.45) is 11.8 Å². The highest BCUT2D eigenvalue weighted by molar-refractivity contribution is 5.91. The number of carbonyl (C=O) groups excluding carboxylic acids is 3. The van der Waals surface area contributed by atoms with Gasteiger partial charge in [0.05, 0.1) is 18.4 Å². The van der Waals surface area contributed by atoms with Crippen LogP contribution in [0.15, 0.2) is 35.5 Å². The fraction of sp³-hybridized carbons (Fsp3) is 0.550. The summed E-state index contributed by atoms with van der Waals surface area (Å²) in [6.07, 6.45) is 1.57. The van der Waals surface area contributed by atoms with Gasteiger partial charge in [0.15, 0.2) is 0 Å². The van der Waals surface area contributed by atoms with Crippen LogP contribution >= 0.6 is 0 Å². The molecule has 1 aliphatic carbocycles. The maximum atomic E-state index is 12.4. The predicted octanol–water partition coefficient (Wildman–Crippen LogP) is 1.24. The largest absolute Gasteiger partial charge is 0.458 e. The topological polar surface area (TPSA) is 110 Å². The normalized spacial score (nSPS) is 29.8. The Morgan fingerprint density at radius 2 is 2.22 bits per heavy atom. The number of esters is 2. The highest BCUT2D eigenvalue weighted by atomic mass is 16.6. The van der Waals surface area contributed by atoms with Crippen LogP contribution in [-0.2, 0) is 23.9 Å². The molecule has 1 fully saturated rings. The molecule has 0 bridgehead atoms. The number of hydrogen-bond acceptors (Lipinski definition) is 7. The first-order chi connectivity index (χ1) is 12.8. The summed E-state index contributed by atoms with van der Waals surface area (Å²) in [4.78, 5) is 36.0. The molecule has 0 aromatic rings. The van der Waals surface area contributed by atoms with Gasteiger partial charge < -0.3 is 19.7 Å². The van der Waals surface area contributed by atoms with Crippen LogP contribution in [0.2, 0.25) is 0 Å². The van der Waals surface area contributed by atoms with Crippen LogP contribution in [0, 0.1) is 11.8 Å². The van der Waals surface area contributed by atoms with E-state index in [0.717, 1.165) is 0 Å². The quantitative estimate of drug-likeness (QED) is 0.320. The Hall–Kier alpha value is -2.25. The van der Waals surface area contributed by atoms with Crippen molar-refractivity contribution in [3.63, 3.8) is 0 Å². The first kappa shape index (κ1) is 21.1. The third-order valence-corrected chi connectivity index (χ3v) is 5.12. The van der Waals surface area contributed by atoms with E-state index in [2.05, 4.69) is 6.58 Å². The van der Waals surface area contributed by atoms with Crippen molar-refractivity contribution < 1.29 is 34.1 Å². The molecule has 7 nitrogen and oxygen atoms in total. The van der Waals surface area contributed by atoms with Gasteiger partial charge in [-0.2, -0.15) is 0 Å². The standard InChI is InChI=1S/C20H26O7/c1-4-11(2)19(24)27-18-16-12(3)20(25)26-15(16)8-13(9-21)6-5-7-14(10-22)17(18)23/h7-8,10-11,15-18,21,23H,3-6,9H2,1-2H3. The minimum atomic E-state index is -1.42. The van der Waals surface area contributed by atoms with Gasteiger partial charge in [0.2, 0.25) is 0 Å². The monoisotopic (exact) mass is 378 g/mol. The molecule has 0 radical (unpaired) electrons. The molecule has 1 saturated heterocycles. The summed E-state index contributed by atoms with van der Waals surface area (Å²) in [6, 6.07) is 0. The van der Waals surface area contributed by atoms with Crippen LogP contribution in [0.5, 0.6) is 0 Å². The van der Waals surface area contributed by atoms with E-state index in [1.54, 1.807) is 19.1 Å². The fourth-order valence-electron chi connectivity index (χ4n) is 3.18. The number of allylic oxidation sites excluding steroid dienone is 1. The molecule has 5 atom stereocenters. The molecule has 2 N–H and O–H groups in total. The van der Waals surface area contributed by atoms with Crippen LogP contribution in [0.3, 0.4) is 0 Å². The zero-order valence-electron chi connectivity index (χ0n) is 15.6. The van der Waals surface area contributed by atoms with E-state index < -0.39 is 42.1 Å². The molecule has 7 heteroatoms. The van der Waals surface area contributed by atoms with E-state index >= 15 is 0 Å². The van der Waals surface area contributed by atoms with Gasteiger partial charge in [-0.15, -0.1) is 0 Å². The molecule has 0 aromatic heterocycles. The predicted molar refractivity (Wildman–Crippen MR) is 96.4 cm³/mol. The Labute approximate surface area is 158 Å². The summed E-state index contributed by atoms with van der Waals surface area (Å²) in [7, 11) is 0. The maximum Gasteiger partial charge on any atom is 0.334 e. The van der Waals surface area contributed by atoms with Crippen LogP contribution in [0.1, 0.15) is 33.1 Å². The molecule has 1 aliphatic heterocycles. The van der Waals surface area contributed by atoms with E-state index in [4.69, 9.17) is 9.47 Å². The number of fused-ring (bicyclic) bond motifs is 1. The second kappa shape index (κ2) is 9.10. The van der Waals surface area contributed by atoms with E-state index in [-0.39, 0.29) is 17.8 Å². The van der Waals surface area contributed by atoms with Crippen molar-refractivity contribution in [2.75, 3.05) is 6.61 Å². The first-order valence-corrected chi connectivity index (χ1v) is 9.08. The van der Waals surface area contributed by atoms with Crippen molar-refractivity contribution in [1.29, 1.82) is 0 Å². The molecule has 0 amide bonds. The minimum Gasteiger partial charge on any atom is -0.458 e. The molecule has 0 aromatic carbocycles. The van der Waals surface area contributed by atoms with Crippen molar-refractivity contribution in [2.45, 2.75) is 51.4 Å². The summed E-state index contributed by atoms with van der Waals surface area (Å²) in [6.45, 7) is 7.01. The average molecular weight is 378 g/mol. The smallest absolute Gasteiger partial charge is 0.334 e. The van der Waals surface area contributed by atoms with E-state index in [0.29, 0.717) is 31.1 Å². The van der Waals surface area contributed by atoms with Gasteiger partial charge >= 0.3 is 11.9 Å². The Morgan fingerprint density at radius 3 is 2.81 bits per heavy atom. The number of aldehydes is 1. The zero-order chi connectivity index (χ0) is 20.1. The zero-order valence-corrected chi connectivity index (χ0v) is 15.6. The first-order valence-electron chi connectivity index (χ1n) is 9.08. The Bertz CT molecular complexity index is 676. The lowest BCUT2D eigenvalue weighted by molar-refractivity contribution is -0.162. The van der Waals surface area contributed by atoms with E-state index in [1.165, 1.54) is 0 Å². The van der Waals surface area contributed by atoms with Crippen LogP contribution in [-0.4, -0.2) is 53.4 Å². The number of ether oxygens (including phenoxy) is 2. The molecule has 5 unspecified atom stereocenters. The van der Waals surface area contributed by atoms with Crippen molar-refractivity contribution in [3.8, 4) is 0 Å². The molecule has 1 heterocycles. The Balaban J connectivity index is 2.50. The lowest BCUT2D eigenvalue weighted by atomic mass is 9.83. The second-order valence-corrected chi connectivity index (χ2v) is 6.92. The Morgan fingerprint density at radius 1 is 1.52 bits per heavy atom. The molecule has 0 spiro atoms. The molecule has 27 heavy (non-hydrogen) atoms. The van der Waals surface area contributed by atoms with Gasteiger partial charge in [-0.3, -0.25) is 9.59 Å².